The normalized spacial score (nSPS) is 23.0. The monoisotopic (exact) mass is 728 g/mol. The molecule has 10 heteroatoms. The number of fused-ring (bicyclic) bond motifs is 3. The zero-order valence-corrected chi connectivity index (χ0v) is 28.0. The molecule has 1 aromatic heterocycles. The minimum Gasteiger partial charge on any atom is -0.504 e. The SMILES string of the molecule is CCCC1=C2[C@@H](CC/C(=C/c3cc(I)c(O)c(OC)c3)c3ccccn3)OC[C@@H]2[C@@H]2C(=O)N(CCCCCC(=O)O)C(=O)[C@@H]2C1. The Kier molecular flexibility index (Phi) is 11.0. The van der Waals surface area contributed by atoms with Crippen LogP contribution in [0.2, 0.25) is 0 Å². The van der Waals surface area contributed by atoms with E-state index in [0.717, 1.165) is 29.7 Å². The van der Waals surface area contributed by atoms with E-state index in [9.17, 15) is 19.5 Å². The lowest BCUT2D eigenvalue weighted by Gasteiger charge is -2.32. The van der Waals surface area contributed by atoms with Crippen molar-refractivity contribution in [2.75, 3.05) is 20.3 Å². The fourth-order valence-electron chi connectivity index (χ4n) is 7.17. The summed E-state index contributed by atoms with van der Waals surface area (Å²) in [5, 5.41) is 19.2. The summed E-state index contributed by atoms with van der Waals surface area (Å²) in [6.07, 6.45) is 9.43. The summed E-state index contributed by atoms with van der Waals surface area (Å²) in [5.41, 5.74) is 5.25. The van der Waals surface area contributed by atoms with Crippen molar-refractivity contribution >= 4 is 52.0 Å². The molecule has 1 aliphatic carbocycles. The summed E-state index contributed by atoms with van der Waals surface area (Å²) >= 11 is 2.10. The first-order chi connectivity index (χ1) is 21.7. The third kappa shape index (κ3) is 7.27. The van der Waals surface area contributed by atoms with Gasteiger partial charge in [0.05, 0.1) is 40.9 Å². The molecule has 0 saturated carbocycles. The number of methoxy groups -OCH3 is 1. The summed E-state index contributed by atoms with van der Waals surface area (Å²) in [6, 6.07) is 9.56. The zero-order valence-electron chi connectivity index (χ0n) is 25.8. The number of rotatable bonds is 14. The first-order valence-electron chi connectivity index (χ1n) is 15.8. The van der Waals surface area contributed by atoms with Crippen molar-refractivity contribution in [3.05, 3.63) is 62.5 Å². The predicted molar refractivity (Wildman–Crippen MR) is 178 cm³/mol. The third-order valence-electron chi connectivity index (χ3n) is 9.20. The van der Waals surface area contributed by atoms with Crippen molar-refractivity contribution in [2.45, 2.75) is 70.8 Å². The van der Waals surface area contributed by atoms with Crippen molar-refractivity contribution < 1.29 is 34.1 Å². The number of phenols is 1. The van der Waals surface area contributed by atoms with E-state index in [4.69, 9.17) is 14.6 Å². The number of hydrogen-bond donors (Lipinski definition) is 2. The number of benzene rings is 1. The van der Waals surface area contributed by atoms with Crippen molar-refractivity contribution in [1.82, 2.24) is 9.88 Å². The highest BCUT2D eigenvalue weighted by Crippen LogP contribution is 2.51. The molecule has 240 valence electrons. The number of carbonyl (C=O) groups excluding carboxylic acids is 2. The molecule has 2 aromatic rings. The highest BCUT2D eigenvalue weighted by atomic mass is 127. The van der Waals surface area contributed by atoms with E-state index >= 15 is 0 Å². The van der Waals surface area contributed by atoms with Crippen LogP contribution in [-0.4, -0.2) is 64.2 Å². The number of aromatic hydroxyl groups is 1. The van der Waals surface area contributed by atoms with Gasteiger partial charge in [0.2, 0.25) is 11.8 Å². The number of phenolic OH excluding ortho intramolecular Hbond substituents is 1. The highest BCUT2D eigenvalue weighted by Gasteiger charge is 2.56. The Morgan fingerprint density at radius 3 is 2.69 bits per heavy atom. The second-order valence-electron chi connectivity index (χ2n) is 12.1. The smallest absolute Gasteiger partial charge is 0.303 e. The third-order valence-corrected chi connectivity index (χ3v) is 10.0. The van der Waals surface area contributed by atoms with E-state index in [1.54, 1.807) is 6.20 Å². The number of allylic oxidation sites excluding steroid dienone is 2. The molecule has 5 rings (SSSR count). The molecule has 4 atom stereocenters. The second-order valence-corrected chi connectivity index (χ2v) is 13.2. The number of amides is 2. The Morgan fingerprint density at radius 1 is 1.16 bits per heavy atom. The van der Waals surface area contributed by atoms with E-state index in [1.807, 2.05) is 30.3 Å². The summed E-state index contributed by atoms with van der Waals surface area (Å²) in [6.45, 7) is 2.91. The molecule has 2 N–H and O–H groups in total. The fourth-order valence-corrected chi connectivity index (χ4v) is 7.79. The van der Waals surface area contributed by atoms with E-state index in [2.05, 4.69) is 40.6 Å². The van der Waals surface area contributed by atoms with Gasteiger partial charge in [0.25, 0.3) is 0 Å². The van der Waals surface area contributed by atoms with Crippen LogP contribution in [0, 0.1) is 21.3 Å². The van der Waals surface area contributed by atoms with Gasteiger partial charge in [-0.3, -0.25) is 24.3 Å². The molecular weight excluding hydrogens is 687 g/mol. The molecular formula is C35H41IN2O7. The van der Waals surface area contributed by atoms with Crippen LogP contribution in [0.5, 0.6) is 11.5 Å². The van der Waals surface area contributed by atoms with Crippen molar-refractivity contribution in [3.63, 3.8) is 0 Å². The second kappa shape index (κ2) is 14.9. The lowest BCUT2D eigenvalue weighted by Crippen LogP contribution is -2.34. The maximum absolute atomic E-state index is 13.7. The van der Waals surface area contributed by atoms with Gasteiger partial charge in [0, 0.05) is 25.1 Å². The number of aliphatic carboxylic acids is 1. The Bertz CT molecular complexity index is 1490. The van der Waals surface area contributed by atoms with Gasteiger partial charge in [0.15, 0.2) is 11.5 Å². The standard InChI is InChI=1S/C35H41IN2O7/c1-3-9-23-19-24-32(35(43)38(34(24)42)15-8-4-5-11-30(39)40)25-20-45-28(31(23)25)13-12-22(27-10-6-7-14-37-27)16-21-17-26(36)33(41)29(18-21)44-2/h6-7,10,14,16-18,24-25,28,32,41H,3-5,8-9,11-13,15,19-20H2,1-2H3,(H,39,40)/b22-16-/t24-,25+,28-,32-/m1/s1. The minimum atomic E-state index is -0.829. The molecule has 45 heavy (non-hydrogen) atoms. The molecule has 1 aromatic carbocycles. The molecule has 2 fully saturated rings. The number of ether oxygens (including phenoxy) is 2. The lowest BCUT2D eigenvalue weighted by atomic mass is 9.68. The molecule has 3 heterocycles. The predicted octanol–water partition coefficient (Wildman–Crippen LogP) is 6.48. The number of imide groups is 1. The molecule has 2 saturated heterocycles. The van der Waals surface area contributed by atoms with Crippen LogP contribution in [0.15, 0.2) is 47.7 Å². The van der Waals surface area contributed by atoms with E-state index < -0.39 is 11.9 Å². The van der Waals surface area contributed by atoms with Gasteiger partial charge in [-0.2, -0.15) is 0 Å². The zero-order chi connectivity index (χ0) is 32.1. The lowest BCUT2D eigenvalue weighted by molar-refractivity contribution is -0.141. The molecule has 0 unspecified atom stereocenters. The molecule has 9 nitrogen and oxygen atoms in total. The highest BCUT2D eigenvalue weighted by molar-refractivity contribution is 14.1. The van der Waals surface area contributed by atoms with Gasteiger partial charge < -0.3 is 19.7 Å². The van der Waals surface area contributed by atoms with Crippen LogP contribution in [0.3, 0.4) is 0 Å². The summed E-state index contributed by atoms with van der Waals surface area (Å²) in [7, 11) is 1.53. The largest absolute Gasteiger partial charge is 0.504 e. The number of unbranched alkanes of at least 4 members (excludes halogenated alkanes) is 2. The maximum Gasteiger partial charge on any atom is 0.303 e. The number of carboxylic acids is 1. The number of halogens is 1. The van der Waals surface area contributed by atoms with Crippen LogP contribution in [0.25, 0.3) is 11.6 Å². The first kappa shape index (κ1) is 33.1. The Balaban J connectivity index is 1.36. The van der Waals surface area contributed by atoms with Gasteiger partial charge >= 0.3 is 5.97 Å². The van der Waals surface area contributed by atoms with Gasteiger partial charge in [-0.1, -0.05) is 31.4 Å². The summed E-state index contributed by atoms with van der Waals surface area (Å²) in [5.74, 6) is -1.33. The van der Waals surface area contributed by atoms with Crippen molar-refractivity contribution in [3.8, 4) is 11.5 Å². The first-order valence-corrected chi connectivity index (χ1v) is 16.9. The summed E-state index contributed by atoms with van der Waals surface area (Å²) in [4.78, 5) is 44.1. The quantitative estimate of drug-likeness (QED) is 0.0980. The van der Waals surface area contributed by atoms with Crippen LogP contribution >= 0.6 is 22.6 Å². The van der Waals surface area contributed by atoms with Crippen LogP contribution in [-0.2, 0) is 19.1 Å². The molecule has 3 aliphatic rings. The number of aromatic nitrogens is 1. The average Bonchev–Trinajstić information content (AvgIpc) is 3.55. The van der Waals surface area contributed by atoms with Crippen LogP contribution in [0.4, 0.5) is 0 Å². The van der Waals surface area contributed by atoms with Crippen LogP contribution < -0.4 is 4.74 Å². The molecule has 0 spiro atoms. The number of carboxylic acid groups (broad SMARTS) is 1. The van der Waals surface area contributed by atoms with E-state index in [1.165, 1.54) is 23.2 Å². The fraction of sp³-hybridized carbons (Fsp3) is 0.486. The Morgan fingerprint density at radius 2 is 1.98 bits per heavy atom. The van der Waals surface area contributed by atoms with E-state index in [-0.39, 0.29) is 41.9 Å². The Labute approximate surface area is 277 Å². The molecule has 0 radical (unpaired) electrons. The van der Waals surface area contributed by atoms with Gasteiger partial charge in [-0.15, -0.1) is 0 Å². The van der Waals surface area contributed by atoms with Crippen molar-refractivity contribution in [1.29, 1.82) is 0 Å². The molecule has 2 aliphatic heterocycles. The Hall–Kier alpha value is -3.25. The number of carbonyl (C=O) groups is 3. The van der Waals surface area contributed by atoms with Gasteiger partial charge in [-0.25, -0.2) is 0 Å². The number of nitrogens with zero attached hydrogens (tertiary/aromatic N) is 2. The van der Waals surface area contributed by atoms with E-state index in [0.29, 0.717) is 61.0 Å². The van der Waals surface area contributed by atoms with Crippen molar-refractivity contribution in [2.24, 2.45) is 17.8 Å². The molecule has 0 bridgehead atoms. The number of likely N-dealkylation sites (tertiary alicyclic amines) is 1. The minimum absolute atomic E-state index is 0.0846. The number of hydrogen-bond acceptors (Lipinski definition) is 7. The average molecular weight is 729 g/mol. The van der Waals surface area contributed by atoms with Crippen LogP contribution in [0.1, 0.15) is 76.0 Å². The van der Waals surface area contributed by atoms with Gasteiger partial charge in [0.1, 0.15) is 0 Å². The topological polar surface area (TPSA) is 126 Å². The number of pyridine rings is 1. The summed E-state index contributed by atoms with van der Waals surface area (Å²) < 4.78 is 12.5. The molecule has 2 amide bonds. The van der Waals surface area contributed by atoms with Gasteiger partial charge in [-0.05, 0) is 108 Å². The maximum atomic E-state index is 13.7.